The van der Waals surface area contributed by atoms with E-state index in [-0.39, 0.29) is 5.92 Å². The summed E-state index contributed by atoms with van der Waals surface area (Å²) < 4.78 is 5.19. The number of thioether (sulfide) groups is 1. The molecule has 2 aromatic rings. The minimum absolute atomic E-state index is 0.212. The van der Waals surface area contributed by atoms with Crippen molar-refractivity contribution in [2.75, 3.05) is 6.26 Å². The zero-order chi connectivity index (χ0) is 13.0. The zero-order valence-corrected chi connectivity index (χ0v) is 11.2. The SMILES string of the molecule is CSCc1noc(C(C)C(O)c2ccccc2)n1. The monoisotopic (exact) mass is 264 g/mol. The second-order valence-electron chi connectivity index (χ2n) is 4.13. The Morgan fingerprint density at radius 3 is 2.72 bits per heavy atom. The smallest absolute Gasteiger partial charge is 0.232 e. The first-order valence-corrected chi connectivity index (χ1v) is 7.16. The maximum atomic E-state index is 10.2. The summed E-state index contributed by atoms with van der Waals surface area (Å²) in [6, 6.07) is 9.50. The highest BCUT2D eigenvalue weighted by atomic mass is 32.2. The maximum Gasteiger partial charge on any atom is 0.232 e. The van der Waals surface area contributed by atoms with Gasteiger partial charge in [-0.05, 0) is 11.8 Å². The lowest BCUT2D eigenvalue weighted by atomic mass is 9.97. The van der Waals surface area contributed by atoms with Crippen LogP contribution in [0.2, 0.25) is 0 Å². The van der Waals surface area contributed by atoms with Crippen molar-refractivity contribution < 1.29 is 9.63 Å². The van der Waals surface area contributed by atoms with E-state index in [2.05, 4.69) is 10.1 Å². The van der Waals surface area contributed by atoms with Crippen LogP contribution >= 0.6 is 11.8 Å². The predicted molar refractivity (Wildman–Crippen MR) is 71.3 cm³/mol. The molecule has 0 amide bonds. The number of hydrogen-bond donors (Lipinski definition) is 1. The molecule has 0 aliphatic heterocycles. The van der Waals surface area contributed by atoms with Gasteiger partial charge in [-0.15, -0.1) is 0 Å². The molecule has 96 valence electrons. The Hall–Kier alpha value is -1.33. The van der Waals surface area contributed by atoms with Crippen LogP contribution in [0.5, 0.6) is 0 Å². The summed E-state index contributed by atoms with van der Waals surface area (Å²) >= 11 is 1.64. The molecule has 1 N–H and O–H groups in total. The van der Waals surface area contributed by atoms with Crippen molar-refractivity contribution in [2.45, 2.75) is 24.7 Å². The fourth-order valence-electron chi connectivity index (χ4n) is 1.71. The summed E-state index contributed by atoms with van der Waals surface area (Å²) in [6.45, 7) is 1.88. The average Bonchev–Trinajstić information content (AvgIpc) is 2.87. The van der Waals surface area contributed by atoms with Crippen LogP contribution in [0, 0.1) is 0 Å². The van der Waals surface area contributed by atoms with Crippen molar-refractivity contribution in [2.24, 2.45) is 0 Å². The lowest BCUT2D eigenvalue weighted by Gasteiger charge is -2.15. The van der Waals surface area contributed by atoms with Crippen molar-refractivity contribution in [3.8, 4) is 0 Å². The molecule has 0 spiro atoms. The number of aliphatic hydroxyl groups excluding tert-OH is 1. The summed E-state index contributed by atoms with van der Waals surface area (Å²) in [5.74, 6) is 1.66. The van der Waals surface area contributed by atoms with Gasteiger partial charge in [0.15, 0.2) is 5.82 Å². The highest BCUT2D eigenvalue weighted by molar-refractivity contribution is 7.97. The molecule has 0 aliphatic carbocycles. The minimum atomic E-state index is -0.631. The third kappa shape index (κ3) is 2.91. The number of nitrogens with zero attached hydrogens (tertiary/aromatic N) is 2. The first kappa shape index (κ1) is 13.1. The van der Waals surface area contributed by atoms with Crippen LogP contribution in [0.15, 0.2) is 34.9 Å². The lowest BCUT2D eigenvalue weighted by molar-refractivity contribution is 0.135. The first-order valence-electron chi connectivity index (χ1n) is 5.76. The molecular formula is C13H16N2O2S. The van der Waals surface area contributed by atoms with Crippen molar-refractivity contribution in [3.05, 3.63) is 47.6 Å². The molecular weight excluding hydrogens is 248 g/mol. The van der Waals surface area contributed by atoms with Crippen molar-refractivity contribution >= 4 is 11.8 Å². The van der Waals surface area contributed by atoms with Crippen LogP contribution in [0.25, 0.3) is 0 Å². The number of benzene rings is 1. The van der Waals surface area contributed by atoms with E-state index in [0.717, 1.165) is 11.3 Å². The third-order valence-electron chi connectivity index (χ3n) is 2.76. The largest absolute Gasteiger partial charge is 0.388 e. The average molecular weight is 264 g/mol. The number of rotatable bonds is 5. The van der Waals surface area contributed by atoms with Crippen LogP contribution in [-0.2, 0) is 5.75 Å². The Morgan fingerprint density at radius 2 is 2.06 bits per heavy atom. The predicted octanol–water partition coefficient (Wildman–Crippen LogP) is 2.77. The van der Waals surface area contributed by atoms with E-state index in [1.165, 1.54) is 0 Å². The molecule has 1 aromatic heterocycles. The fraction of sp³-hybridized carbons (Fsp3) is 0.385. The van der Waals surface area contributed by atoms with E-state index in [1.807, 2.05) is 43.5 Å². The van der Waals surface area contributed by atoms with Crippen molar-refractivity contribution in [3.63, 3.8) is 0 Å². The Bertz CT molecular complexity index is 487. The van der Waals surface area contributed by atoms with E-state index >= 15 is 0 Å². The second-order valence-corrected chi connectivity index (χ2v) is 4.99. The van der Waals surface area contributed by atoms with Crippen molar-refractivity contribution in [1.82, 2.24) is 10.1 Å². The fourth-order valence-corrected chi connectivity index (χ4v) is 2.09. The summed E-state index contributed by atoms with van der Waals surface area (Å²) in [5, 5.41) is 14.1. The van der Waals surface area contributed by atoms with E-state index in [0.29, 0.717) is 11.7 Å². The van der Waals surface area contributed by atoms with Gasteiger partial charge < -0.3 is 9.63 Å². The van der Waals surface area contributed by atoms with Crippen LogP contribution in [0.1, 0.15) is 36.2 Å². The molecule has 5 heteroatoms. The van der Waals surface area contributed by atoms with Gasteiger partial charge in [0, 0.05) is 0 Å². The maximum absolute atomic E-state index is 10.2. The zero-order valence-electron chi connectivity index (χ0n) is 10.4. The molecule has 2 atom stereocenters. The van der Waals surface area contributed by atoms with Gasteiger partial charge in [-0.2, -0.15) is 16.7 Å². The van der Waals surface area contributed by atoms with Gasteiger partial charge in [0.25, 0.3) is 0 Å². The molecule has 0 aliphatic rings. The molecule has 4 nitrogen and oxygen atoms in total. The molecule has 1 aromatic carbocycles. The normalized spacial score (nSPS) is 14.4. The van der Waals surface area contributed by atoms with Gasteiger partial charge in [-0.1, -0.05) is 42.4 Å². The lowest BCUT2D eigenvalue weighted by Crippen LogP contribution is -2.08. The Kier molecular flexibility index (Phi) is 4.38. The Morgan fingerprint density at radius 1 is 1.33 bits per heavy atom. The molecule has 0 bridgehead atoms. The first-order chi connectivity index (χ1) is 8.72. The van der Waals surface area contributed by atoms with Crippen LogP contribution in [0.3, 0.4) is 0 Å². The van der Waals surface area contributed by atoms with E-state index in [9.17, 15) is 5.11 Å². The highest BCUT2D eigenvalue weighted by Gasteiger charge is 2.23. The summed E-state index contributed by atoms with van der Waals surface area (Å²) in [7, 11) is 0. The molecule has 1 heterocycles. The van der Waals surface area contributed by atoms with Crippen LogP contribution in [0.4, 0.5) is 0 Å². The molecule has 0 saturated heterocycles. The van der Waals surface area contributed by atoms with Crippen LogP contribution < -0.4 is 0 Å². The van der Waals surface area contributed by atoms with Gasteiger partial charge in [0.2, 0.25) is 5.89 Å². The minimum Gasteiger partial charge on any atom is -0.388 e. The standard InChI is InChI=1S/C13H16N2O2S/c1-9(12(16)10-6-4-3-5-7-10)13-14-11(8-18-2)15-17-13/h3-7,9,12,16H,8H2,1-2H3. The Balaban J connectivity index is 2.12. The highest BCUT2D eigenvalue weighted by Crippen LogP contribution is 2.29. The van der Waals surface area contributed by atoms with Gasteiger partial charge in [-0.3, -0.25) is 0 Å². The molecule has 0 radical (unpaired) electrons. The topological polar surface area (TPSA) is 59.2 Å². The van der Waals surface area contributed by atoms with Gasteiger partial charge in [0.1, 0.15) is 0 Å². The summed E-state index contributed by atoms with van der Waals surface area (Å²) in [4.78, 5) is 4.29. The van der Waals surface area contributed by atoms with Crippen LogP contribution in [-0.4, -0.2) is 21.5 Å². The molecule has 2 rings (SSSR count). The summed E-state index contributed by atoms with van der Waals surface area (Å²) in [6.07, 6.45) is 1.35. The molecule has 0 fully saturated rings. The molecule has 18 heavy (non-hydrogen) atoms. The summed E-state index contributed by atoms with van der Waals surface area (Å²) in [5.41, 5.74) is 0.856. The van der Waals surface area contributed by atoms with Gasteiger partial charge in [0.05, 0.1) is 17.8 Å². The Labute approximate surface area is 110 Å². The van der Waals surface area contributed by atoms with Crippen molar-refractivity contribution in [1.29, 1.82) is 0 Å². The number of aromatic nitrogens is 2. The van der Waals surface area contributed by atoms with E-state index in [1.54, 1.807) is 11.8 Å². The van der Waals surface area contributed by atoms with E-state index < -0.39 is 6.10 Å². The number of aliphatic hydroxyl groups is 1. The molecule has 0 saturated carbocycles. The third-order valence-corrected chi connectivity index (χ3v) is 3.31. The van der Waals surface area contributed by atoms with Gasteiger partial charge >= 0.3 is 0 Å². The quantitative estimate of drug-likeness (QED) is 0.899. The second kappa shape index (κ2) is 6.02. The van der Waals surface area contributed by atoms with E-state index in [4.69, 9.17) is 4.52 Å². The molecule has 2 unspecified atom stereocenters. The number of hydrogen-bond acceptors (Lipinski definition) is 5. The van der Waals surface area contributed by atoms with Gasteiger partial charge in [-0.25, -0.2) is 0 Å².